The van der Waals surface area contributed by atoms with Gasteiger partial charge in [0, 0.05) is 0 Å². The summed E-state index contributed by atoms with van der Waals surface area (Å²) in [5, 5.41) is 37.7. The molecule has 0 heterocycles. The first-order valence-corrected chi connectivity index (χ1v) is 16.7. The Labute approximate surface area is 271 Å². The minimum Gasteiger partial charge on any atom is -0.393 e. The summed E-state index contributed by atoms with van der Waals surface area (Å²) in [5.41, 5.74) is 1.49. The molecule has 4 aliphatic carbocycles. The van der Waals surface area contributed by atoms with Gasteiger partial charge in [0.2, 0.25) is 0 Å². The maximum Gasteiger partial charge on any atom is 4.00 e. The van der Waals surface area contributed by atoms with Crippen LogP contribution >= 0.6 is 0 Å². The Bertz CT molecular complexity index is 550. The molecular weight excluding hydrogens is 544 g/mol. The number of hydrogen-bond donors (Lipinski definition) is 4. The molecule has 4 fully saturated rings. The Hall–Kier alpha value is 0.554. The van der Waals surface area contributed by atoms with Crippen LogP contribution in [0.3, 0.4) is 0 Å². The fraction of sp³-hybridized carbons (Fsp3) is 1.00. The van der Waals surface area contributed by atoms with Crippen molar-refractivity contribution >= 4 is 0 Å². The first-order chi connectivity index (χ1) is 18.0. The van der Waals surface area contributed by atoms with Gasteiger partial charge in [-0.25, -0.2) is 0 Å². The summed E-state index contributed by atoms with van der Waals surface area (Å²) in [6, 6.07) is 0. The molecule has 41 heavy (non-hydrogen) atoms. The van der Waals surface area contributed by atoms with Crippen molar-refractivity contribution in [1.29, 1.82) is 0 Å². The predicted molar refractivity (Wildman–Crippen MR) is 171 cm³/mol. The topological polar surface area (TPSA) is 80.9 Å². The first-order valence-electron chi connectivity index (χ1n) is 16.7. The molecule has 0 bridgehead atoms. The zero-order valence-corrected chi connectivity index (χ0v) is 31.0. The summed E-state index contributed by atoms with van der Waals surface area (Å²) in [5.74, 6) is 2.83. The summed E-state index contributed by atoms with van der Waals surface area (Å²) in [7, 11) is 0. The Morgan fingerprint density at radius 3 is 0.585 bits per heavy atom. The van der Waals surface area contributed by atoms with Crippen molar-refractivity contribution in [1.82, 2.24) is 0 Å². The average Bonchev–Trinajstić information content (AvgIpc) is 2.60. The Balaban J connectivity index is 0.000000516. The third-order valence-electron chi connectivity index (χ3n) is 9.45. The molecule has 0 aromatic rings. The summed E-state index contributed by atoms with van der Waals surface area (Å²) < 4.78 is 0. The van der Waals surface area contributed by atoms with Crippen molar-refractivity contribution in [2.75, 3.05) is 0 Å². The van der Waals surface area contributed by atoms with Crippen LogP contribution in [0.15, 0.2) is 0 Å². The van der Waals surface area contributed by atoms with E-state index in [2.05, 4.69) is 83.1 Å². The molecule has 0 aromatic carbocycles. The van der Waals surface area contributed by atoms with Crippen molar-refractivity contribution in [3.8, 4) is 0 Å². The summed E-state index contributed by atoms with van der Waals surface area (Å²) in [6.07, 6.45) is 12.8. The first kappa shape index (κ1) is 41.6. The zero-order chi connectivity index (χ0) is 31.1. The molecule has 8 unspecified atom stereocenters. The molecule has 4 saturated carbocycles. The van der Waals surface area contributed by atoms with Gasteiger partial charge >= 0.3 is 21.7 Å². The smallest absolute Gasteiger partial charge is 0.393 e. The van der Waals surface area contributed by atoms with Gasteiger partial charge in [-0.05, 0) is 122 Å². The standard InChI is InChI=1S/4C9H18O.Ti/c4*1-7-4-8(10)6-9(2,3)5-7;/h4*7-8,10H,4-6H2,1-3H3;/q;;;;+4. The fourth-order valence-electron chi connectivity index (χ4n) is 9.18. The van der Waals surface area contributed by atoms with E-state index in [1.54, 1.807) is 0 Å². The maximum atomic E-state index is 9.42. The van der Waals surface area contributed by atoms with E-state index in [0.29, 0.717) is 45.3 Å². The second kappa shape index (κ2) is 17.3. The van der Waals surface area contributed by atoms with Crippen LogP contribution in [0, 0.1) is 45.3 Å². The summed E-state index contributed by atoms with van der Waals surface area (Å²) >= 11 is 0. The molecule has 0 amide bonds. The van der Waals surface area contributed by atoms with Crippen molar-refractivity contribution in [3.63, 3.8) is 0 Å². The molecule has 0 radical (unpaired) electrons. The maximum absolute atomic E-state index is 9.42. The fourth-order valence-corrected chi connectivity index (χ4v) is 9.18. The number of hydrogen-bond acceptors (Lipinski definition) is 4. The van der Waals surface area contributed by atoms with E-state index in [4.69, 9.17) is 0 Å². The summed E-state index contributed by atoms with van der Waals surface area (Å²) in [4.78, 5) is 0. The third kappa shape index (κ3) is 18.8. The van der Waals surface area contributed by atoms with Gasteiger partial charge in [-0.3, -0.25) is 0 Å². The van der Waals surface area contributed by atoms with Crippen molar-refractivity contribution in [3.05, 3.63) is 0 Å². The van der Waals surface area contributed by atoms with Gasteiger partial charge < -0.3 is 20.4 Å². The van der Waals surface area contributed by atoms with Gasteiger partial charge in [-0.1, -0.05) is 83.1 Å². The second-order valence-electron chi connectivity index (χ2n) is 18.3. The van der Waals surface area contributed by atoms with Crippen LogP contribution in [0.2, 0.25) is 0 Å². The largest absolute Gasteiger partial charge is 4.00 e. The van der Waals surface area contributed by atoms with Crippen molar-refractivity contribution in [2.45, 2.75) is 185 Å². The van der Waals surface area contributed by atoms with Gasteiger partial charge in [-0.15, -0.1) is 0 Å². The molecule has 0 spiro atoms. The second-order valence-corrected chi connectivity index (χ2v) is 18.3. The predicted octanol–water partition coefficient (Wildman–Crippen LogP) is 8.77. The van der Waals surface area contributed by atoms with E-state index in [0.717, 1.165) is 51.4 Å². The van der Waals surface area contributed by atoms with Crippen molar-refractivity contribution < 1.29 is 42.1 Å². The van der Waals surface area contributed by atoms with Crippen LogP contribution in [-0.4, -0.2) is 44.8 Å². The molecule has 5 heteroatoms. The van der Waals surface area contributed by atoms with Crippen LogP contribution in [0.5, 0.6) is 0 Å². The van der Waals surface area contributed by atoms with E-state index in [1.807, 2.05) is 0 Å². The normalized spacial score (nSPS) is 38.6. The molecular formula is C36H72O4Ti+4. The van der Waals surface area contributed by atoms with E-state index < -0.39 is 0 Å². The van der Waals surface area contributed by atoms with Crippen LogP contribution < -0.4 is 0 Å². The zero-order valence-electron chi connectivity index (χ0n) is 29.4. The minimum atomic E-state index is -0.0428. The van der Waals surface area contributed by atoms with Gasteiger partial charge in [-0.2, -0.15) is 0 Å². The van der Waals surface area contributed by atoms with E-state index in [-0.39, 0.29) is 46.1 Å². The Morgan fingerprint density at radius 1 is 0.341 bits per heavy atom. The van der Waals surface area contributed by atoms with Gasteiger partial charge in [0.1, 0.15) is 0 Å². The molecule has 4 aliphatic rings. The Kier molecular flexibility index (Phi) is 17.5. The molecule has 240 valence electrons. The number of aliphatic hydroxyl groups excluding tert-OH is 4. The van der Waals surface area contributed by atoms with E-state index in [1.165, 1.54) is 25.7 Å². The monoisotopic (exact) mass is 616 g/mol. The SMILES string of the molecule is CC1CC(O)CC(C)(C)C1.CC1CC(O)CC(C)(C)C1.CC1CC(O)CC(C)(C)C1.CC1CC(O)CC(C)(C)C1.[Ti+4]. The minimum absolute atomic E-state index is 0. The van der Waals surface area contributed by atoms with Gasteiger partial charge in [0.25, 0.3) is 0 Å². The molecule has 4 rings (SSSR count). The van der Waals surface area contributed by atoms with Crippen LogP contribution in [0.1, 0.15) is 160 Å². The van der Waals surface area contributed by atoms with Crippen LogP contribution in [0.4, 0.5) is 0 Å². The van der Waals surface area contributed by atoms with E-state index >= 15 is 0 Å². The number of rotatable bonds is 0. The van der Waals surface area contributed by atoms with Crippen LogP contribution in [-0.2, 0) is 21.7 Å². The van der Waals surface area contributed by atoms with Crippen molar-refractivity contribution in [2.24, 2.45) is 45.3 Å². The molecule has 0 saturated heterocycles. The Morgan fingerprint density at radius 2 is 0.488 bits per heavy atom. The molecule has 4 nitrogen and oxygen atoms in total. The van der Waals surface area contributed by atoms with Gasteiger partial charge in [0.15, 0.2) is 0 Å². The average molecular weight is 617 g/mol. The molecule has 8 atom stereocenters. The third-order valence-corrected chi connectivity index (χ3v) is 9.45. The summed E-state index contributed by atoms with van der Waals surface area (Å²) in [6.45, 7) is 26.8. The van der Waals surface area contributed by atoms with E-state index in [9.17, 15) is 20.4 Å². The van der Waals surface area contributed by atoms with Gasteiger partial charge in [0.05, 0.1) is 24.4 Å². The quantitative estimate of drug-likeness (QED) is 0.205. The molecule has 4 N–H and O–H groups in total. The number of aliphatic hydroxyl groups is 4. The molecule has 0 aliphatic heterocycles. The molecule has 0 aromatic heterocycles. The van der Waals surface area contributed by atoms with Crippen LogP contribution in [0.25, 0.3) is 0 Å².